The molecule has 5 aromatic carbocycles. The van der Waals surface area contributed by atoms with Crippen LogP contribution in [0, 0.1) is 0 Å². The van der Waals surface area contributed by atoms with Gasteiger partial charge < -0.3 is 15.8 Å². The molecule has 1 atom stereocenters. The van der Waals surface area contributed by atoms with Crippen molar-refractivity contribution in [3.8, 4) is 5.75 Å². The van der Waals surface area contributed by atoms with Gasteiger partial charge in [-0.1, -0.05) is 91.0 Å². The summed E-state index contributed by atoms with van der Waals surface area (Å²) in [5, 5.41) is 8.51. The lowest BCUT2D eigenvalue weighted by Crippen LogP contribution is -2.50. The van der Waals surface area contributed by atoms with Gasteiger partial charge >= 0.3 is 0 Å². The van der Waals surface area contributed by atoms with Crippen molar-refractivity contribution in [3.05, 3.63) is 156 Å². The predicted molar refractivity (Wildman–Crippen MR) is 190 cm³/mol. The fraction of sp³-hybridized carbons (Fsp3) is 0.158. The summed E-state index contributed by atoms with van der Waals surface area (Å²) in [6.07, 6.45) is 2.19. The van der Waals surface area contributed by atoms with E-state index in [1.54, 1.807) is 0 Å². The quantitative estimate of drug-likeness (QED) is 0.117. The summed E-state index contributed by atoms with van der Waals surface area (Å²) in [5.74, 6) is 1.73. The van der Waals surface area contributed by atoms with Gasteiger partial charge in [0.15, 0.2) is 18.1 Å². The molecule has 1 heterocycles. The molecular weight excluding hydrogens is 592 g/mol. The number of hydrogen-bond donors (Lipinski definition) is 3. The lowest BCUT2D eigenvalue weighted by molar-refractivity contribution is 0.311. The van der Waals surface area contributed by atoms with E-state index in [1.165, 1.54) is 5.56 Å². The van der Waals surface area contributed by atoms with Crippen LogP contribution in [-0.2, 0) is 12.8 Å². The minimum absolute atomic E-state index is 0.329. The van der Waals surface area contributed by atoms with Crippen molar-refractivity contribution in [2.45, 2.75) is 25.4 Å². The standard InChI is InChI=1S/C38H38FN5OP/c39-46(33-14-6-2-7-15-33,34-16-8-3-9-17-34)35-24-18-30(19-25-35)13-10-28-45-32-22-20-31(21-23-32)36-42-37(40)44-38(43-36)41-27-26-29-11-4-1-5-12-29/h1-9,11-12,14-25,36H,10,13,26-28H2,(H4,40,41,42,43,44)/q+1. The van der Waals surface area contributed by atoms with Gasteiger partial charge in [-0.3, -0.25) is 10.3 Å². The average molecular weight is 631 g/mol. The molecule has 1 aliphatic heterocycles. The highest BCUT2D eigenvalue weighted by molar-refractivity contribution is 7.91. The van der Waals surface area contributed by atoms with Crippen LogP contribution in [0.15, 0.2) is 150 Å². The third kappa shape index (κ3) is 7.61. The van der Waals surface area contributed by atoms with Crippen LogP contribution in [0.1, 0.15) is 29.3 Å². The number of ether oxygens (including phenoxy) is 1. The van der Waals surface area contributed by atoms with Crippen molar-refractivity contribution in [2.75, 3.05) is 13.2 Å². The van der Waals surface area contributed by atoms with Crippen LogP contribution in [0.4, 0.5) is 4.20 Å². The van der Waals surface area contributed by atoms with Gasteiger partial charge in [0.2, 0.25) is 0 Å². The Balaban J connectivity index is 1.01. The van der Waals surface area contributed by atoms with Crippen LogP contribution in [0.3, 0.4) is 0 Å². The van der Waals surface area contributed by atoms with E-state index >= 15 is 4.20 Å². The second-order valence-corrected chi connectivity index (χ2v) is 13.8. The second kappa shape index (κ2) is 14.9. The number of nitrogens with zero attached hydrogens (tertiary/aromatic N) is 2. The van der Waals surface area contributed by atoms with E-state index < -0.39 is 7.57 Å². The highest BCUT2D eigenvalue weighted by Crippen LogP contribution is 2.56. The van der Waals surface area contributed by atoms with Crippen molar-refractivity contribution in [2.24, 2.45) is 15.7 Å². The van der Waals surface area contributed by atoms with Crippen molar-refractivity contribution >= 4 is 35.4 Å². The summed E-state index contributed by atoms with van der Waals surface area (Å²) in [6, 6.07) is 45.2. The van der Waals surface area contributed by atoms with Crippen LogP contribution in [0.5, 0.6) is 5.75 Å². The third-order valence-electron chi connectivity index (χ3n) is 7.89. The van der Waals surface area contributed by atoms with Crippen molar-refractivity contribution in [1.82, 2.24) is 10.6 Å². The fourth-order valence-corrected chi connectivity index (χ4v) is 8.09. The molecule has 0 radical (unpaired) electrons. The van der Waals surface area contributed by atoms with Gasteiger partial charge in [-0.05, 0) is 88.7 Å². The summed E-state index contributed by atoms with van der Waals surface area (Å²) in [6.45, 7) is 1.21. The van der Waals surface area contributed by atoms with E-state index in [-0.39, 0.29) is 6.17 Å². The van der Waals surface area contributed by atoms with Crippen molar-refractivity contribution in [3.63, 3.8) is 0 Å². The van der Waals surface area contributed by atoms with Gasteiger partial charge in [0, 0.05) is 6.54 Å². The van der Waals surface area contributed by atoms with E-state index in [4.69, 9.17) is 10.5 Å². The van der Waals surface area contributed by atoms with Crippen LogP contribution >= 0.6 is 7.57 Å². The first-order chi connectivity index (χ1) is 22.6. The summed E-state index contributed by atoms with van der Waals surface area (Å²) >= 11 is 0. The number of aryl methyl sites for hydroxylation is 1. The zero-order valence-electron chi connectivity index (χ0n) is 25.6. The molecule has 8 heteroatoms. The third-order valence-corrected chi connectivity index (χ3v) is 10.9. The monoisotopic (exact) mass is 630 g/mol. The molecule has 0 aromatic heterocycles. The van der Waals surface area contributed by atoms with Crippen LogP contribution in [-0.4, -0.2) is 25.1 Å². The summed E-state index contributed by atoms with van der Waals surface area (Å²) < 4.78 is 23.0. The Hall–Kier alpha value is -5.00. The van der Waals surface area contributed by atoms with E-state index in [9.17, 15) is 0 Å². The van der Waals surface area contributed by atoms with Gasteiger partial charge in [-0.15, -0.1) is 0 Å². The topological polar surface area (TPSA) is 84.0 Å². The molecule has 0 saturated carbocycles. The number of rotatable bonds is 12. The lowest BCUT2D eigenvalue weighted by Gasteiger charge is -2.24. The number of hydrogen-bond acceptors (Lipinski definition) is 4. The van der Waals surface area contributed by atoms with Gasteiger partial charge in [0.1, 0.15) is 21.7 Å². The summed E-state index contributed by atoms with van der Waals surface area (Å²) in [4.78, 5) is 9.13. The Morgan fingerprint density at radius 2 is 1.26 bits per heavy atom. The number of guanidine groups is 2. The maximum absolute atomic E-state index is 17.0. The molecule has 0 fully saturated rings. The second-order valence-electron chi connectivity index (χ2n) is 11.1. The lowest BCUT2D eigenvalue weighted by atomic mass is 10.1. The molecule has 0 spiro atoms. The summed E-state index contributed by atoms with van der Waals surface area (Å²) in [7, 11) is -3.21. The van der Waals surface area contributed by atoms with Gasteiger partial charge in [0.05, 0.1) is 6.61 Å². The number of benzene rings is 5. The molecular formula is C38H38FN5OP+. The maximum Gasteiger partial charge on any atom is 0.298 e. The largest absolute Gasteiger partial charge is 0.494 e. The number of nitrogens with two attached hydrogens (primary N) is 1. The molecule has 232 valence electrons. The highest BCUT2D eigenvalue weighted by Gasteiger charge is 2.47. The molecule has 4 N–H and O–H groups in total. The zero-order chi connectivity index (χ0) is 31.6. The Labute approximate surface area is 270 Å². The smallest absolute Gasteiger partial charge is 0.298 e. The SMILES string of the molecule is NC1=NC(c2ccc(OCCCc3ccc([P+](F)(c4ccccc4)c4ccccc4)cc3)cc2)NC(=NCCc2ccccc2)N1. The van der Waals surface area contributed by atoms with Crippen LogP contribution < -0.4 is 37.0 Å². The first kappa shape index (κ1) is 31.0. The Kier molecular flexibility index (Phi) is 10.0. The molecule has 1 aliphatic rings. The molecule has 0 saturated heterocycles. The van der Waals surface area contributed by atoms with Gasteiger partial charge in [-0.2, -0.15) is 0 Å². The Bertz CT molecular complexity index is 1710. The van der Waals surface area contributed by atoms with E-state index in [2.05, 4.69) is 32.8 Å². The first-order valence-corrected chi connectivity index (χ1v) is 17.2. The van der Waals surface area contributed by atoms with Crippen molar-refractivity contribution in [1.29, 1.82) is 0 Å². The van der Waals surface area contributed by atoms with Crippen LogP contribution in [0.25, 0.3) is 0 Å². The highest BCUT2D eigenvalue weighted by atomic mass is 31.2. The number of nitrogens with one attached hydrogen (secondary N) is 2. The molecule has 5 aromatic rings. The fourth-order valence-electron chi connectivity index (χ4n) is 5.47. The molecule has 0 aliphatic carbocycles. The molecule has 0 bridgehead atoms. The summed E-state index contributed by atoms with van der Waals surface area (Å²) in [5.41, 5.74) is 9.41. The predicted octanol–water partition coefficient (Wildman–Crippen LogP) is 5.98. The van der Waals surface area contributed by atoms with Crippen molar-refractivity contribution < 1.29 is 8.93 Å². The minimum atomic E-state index is -3.21. The van der Waals surface area contributed by atoms with E-state index in [1.807, 2.05) is 127 Å². The Morgan fingerprint density at radius 1 is 0.696 bits per heavy atom. The molecule has 1 unspecified atom stereocenters. The number of aliphatic imine (C=N–C) groups is 2. The zero-order valence-corrected chi connectivity index (χ0v) is 26.5. The normalized spacial score (nSPS) is 15.5. The molecule has 0 amide bonds. The average Bonchev–Trinajstić information content (AvgIpc) is 3.11. The Morgan fingerprint density at radius 3 is 1.89 bits per heavy atom. The van der Waals surface area contributed by atoms with Gasteiger partial charge in [-0.25, -0.2) is 4.99 Å². The first-order valence-electron chi connectivity index (χ1n) is 15.6. The van der Waals surface area contributed by atoms with Crippen LogP contribution in [0.2, 0.25) is 0 Å². The molecule has 6 nitrogen and oxygen atoms in total. The number of halogens is 1. The minimum Gasteiger partial charge on any atom is -0.494 e. The molecule has 6 rings (SSSR count). The van der Waals surface area contributed by atoms with Gasteiger partial charge in [0.25, 0.3) is 7.57 Å². The van der Waals surface area contributed by atoms with E-state index in [0.29, 0.717) is 25.1 Å². The molecule has 46 heavy (non-hydrogen) atoms. The van der Waals surface area contributed by atoms with E-state index in [0.717, 1.165) is 52.1 Å². The maximum atomic E-state index is 17.0.